The van der Waals surface area contributed by atoms with Gasteiger partial charge in [-0.2, -0.15) is 0 Å². The molecular formula is C15H12INO3. The Morgan fingerprint density at radius 1 is 1.00 bits per heavy atom. The standard InChI is InChI=1S/C15H12INO3/c18-16(19)13-9-5-4-8-12(13)15-17-14(10-20-15)11-6-2-1-3-7-11/h1-9,14H,10H2. The van der Waals surface area contributed by atoms with Crippen molar-refractivity contribution in [2.75, 3.05) is 6.61 Å². The van der Waals surface area contributed by atoms with Crippen molar-refractivity contribution in [3.63, 3.8) is 0 Å². The van der Waals surface area contributed by atoms with E-state index in [9.17, 15) is 6.14 Å². The zero-order valence-electron chi connectivity index (χ0n) is 10.5. The summed E-state index contributed by atoms with van der Waals surface area (Å²) in [6.07, 6.45) is 0. The molecule has 0 bridgehead atoms. The molecule has 0 N–H and O–H groups in total. The fourth-order valence-electron chi connectivity index (χ4n) is 2.14. The first-order chi connectivity index (χ1) is 9.75. The summed E-state index contributed by atoms with van der Waals surface area (Å²) < 4.78 is 28.6. The Labute approximate surface area is 123 Å². The Kier molecular flexibility index (Phi) is 3.77. The van der Waals surface area contributed by atoms with Crippen LogP contribution in [0.3, 0.4) is 0 Å². The Morgan fingerprint density at radius 3 is 2.45 bits per heavy atom. The molecule has 0 amide bonds. The van der Waals surface area contributed by atoms with Crippen LogP contribution in [0.1, 0.15) is 17.2 Å². The van der Waals surface area contributed by atoms with Gasteiger partial charge in [0.15, 0.2) is 0 Å². The first kappa shape index (κ1) is 13.2. The smallest absolute Gasteiger partial charge is 0.341 e. The van der Waals surface area contributed by atoms with Crippen molar-refractivity contribution in [3.8, 4) is 0 Å². The van der Waals surface area contributed by atoms with Crippen LogP contribution in [-0.2, 0) is 10.9 Å². The largest absolute Gasteiger partial charge is 0.475 e. The molecule has 1 atom stereocenters. The highest BCUT2D eigenvalue weighted by Gasteiger charge is 2.24. The van der Waals surface area contributed by atoms with E-state index in [0.717, 1.165) is 5.56 Å². The minimum absolute atomic E-state index is 0.0696. The zero-order chi connectivity index (χ0) is 13.9. The van der Waals surface area contributed by atoms with Crippen LogP contribution in [0.2, 0.25) is 0 Å². The third kappa shape index (κ3) is 2.58. The van der Waals surface area contributed by atoms with Crippen molar-refractivity contribution in [1.29, 1.82) is 0 Å². The van der Waals surface area contributed by atoms with Gasteiger partial charge >= 0.3 is 19.8 Å². The first-order valence-corrected chi connectivity index (χ1v) is 9.00. The van der Waals surface area contributed by atoms with Crippen LogP contribution in [0, 0.1) is 3.57 Å². The van der Waals surface area contributed by atoms with Gasteiger partial charge in [-0.1, -0.05) is 42.5 Å². The topological polar surface area (TPSA) is 55.7 Å². The first-order valence-electron chi connectivity index (χ1n) is 6.16. The number of rotatable bonds is 3. The molecule has 0 radical (unpaired) electrons. The summed E-state index contributed by atoms with van der Waals surface area (Å²) in [7, 11) is 0. The molecule has 5 heteroatoms. The van der Waals surface area contributed by atoms with Crippen molar-refractivity contribution < 1.29 is 10.9 Å². The molecule has 20 heavy (non-hydrogen) atoms. The van der Waals surface area contributed by atoms with Gasteiger partial charge in [0.05, 0.1) is 9.13 Å². The van der Waals surface area contributed by atoms with Gasteiger partial charge in [-0.3, -0.25) is 0 Å². The van der Waals surface area contributed by atoms with Crippen molar-refractivity contribution >= 4 is 25.7 Å². The van der Waals surface area contributed by atoms with E-state index < -0.39 is 19.8 Å². The predicted octanol–water partition coefficient (Wildman–Crippen LogP) is 3.57. The van der Waals surface area contributed by atoms with Gasteiger partial charge in [-0.05, 0) is 17.7 Å². The molecule has 2 aromatic rings. The molecule has 2 aromatic carbocycles. The SMILES string of the molecule is O=I(=O)c1ccccc1C1=NC(c2ccccc2)CO1. The lowest BCUT2D eigenvalue weighted by Gasteiger charge is -2.03. The van der Waals surface area contributed by atoms with Crippen LogP contribution in [-0.4, -0.2) is 12.5 Å². The van der Waals surface area contributed by atoms with Crippen LogP contribution in [0.5, 0.6) is 0 Å². The lowest BCUT2D eigenvalue weighted by Crippen LogP contribution is -2.03. The van der Waals surface area contributed by atoms with Crippen molar-refractivity contribution in [3.05, 3.63) is 69.3 Å². The number of hydrogen-bond donors (Lipinski definition) is 0. The van der Waals surface area contributed by atoms with Gasteiger partial charge < -0.3 is 4.74 Å². The fourth-order valence-corrected chi connectivity index (χ4v) is 3.52. The van der Waals surface area contributed by atoms with Gasteiger partial charge in [0, 0.05) is 0 Å². The zero-order valence-corrected chi connectivity index (χ0v) is 12.7. The van der Waals surface area contributed by atoms with Gasteiger partial charge in [0.1, 0.15) is 12.6 Å². The Hall–Kier alpha value is -1.76. The number of aliphatic imine (C=N–C) groups is 1. The molecule has 0 aromatic heterocycles. The normalized spacial score (nSPS) is 17.9. The Morgan fingerprint density at radius 2 is 1.70 bits per heavy atom. The summed E-state index contributed by atoms with van der Waals surface area (Å²) in [6, 6.07) is 16.6. The molecule has 0 aliphatic carbocycles. The van der Waals surface area contributed by atoms with E-state index in [2.05, 4.69) is 4.99 Å². The molecule has 3 rings (SSSR count). The van der Waals surface area contributed by atoms with Crippen LogP contribution in [0.25, 0.3) is 0 Å². The summed E-state index contributed by atoms with van der Waals surface area (Å²) in [5, 5.41) is 0. The number of halogens is 1. The quantitative estimate of drug-likeness (QED) is 0.764. The molecule has 1 aliphatic rings. The summed E-state index contributed by atoms with van der Waals surface area (Å²) in [5.74, 6) is 0.420. The minimum atomic E-state index is -3.55. The average molecular weight is 381 g/mol. The van der Waals surface area contributed by atoms with E-state index in [1.807, 2.05) is 30.3 Å². The monoisotopic (exact) mass is 381 g/mol. The van der Waals surface area contributed by atoms with Crippen LogP contribution < -0.4 is 0 Å². The minimum Gasteiger partial charge on any atom is -0.475 e. The molecule has 1 heterocycles. The lowest BCUT2D eigenvalue weighted by atomic mass is 10.1. The molecule has 1 unspecified atom stereocenters. The highest BCUT2D eigenvalue weighted by molar-refractivity contribution is 14.2. The van der Waals surface area contributed by atoms with Crippen molar-refractivity contribution in [1.82, 2.24) is 0 Å². The lowest BCUT2D eigenvalue weighted by molar-refractivity contribution is 0.319. The Bertz CT molecular complexity index is 715. The maximum atomic E-state index is 11.3. The predicted molar refractivity (Wildman–Crippen MR) is 82.2 cm³/mol. The summed E-state index contributed by atoms with van der Waals surface area (Å²) in [4.78, 5) is 4.51. The van der Waals surface area contributed by atoms with Gasteiger partial charge in [0.2, 0.25) is 5.90 Å². The maximum absolute atomic E-state index is 11.3. The van der Waals surface area contributed by atoms with Gasteiger partial charge in [-0.25, -0.2) is 11.1 Å². The van der Waals surface area contributed by atoms with E-state index in [-0.39, 0.29) is 6.04 Å². The van der Waals surface area contributed by atoms with E-state index in [0.29, 0.717) is 21.6 Å². The summed E-state index contributed by atoms with van der Waals surface area (Å²) >= 11 is -3.55. The highest BCUT2D eigenvalue weighted by atomic mass is 127. The van der Waals surface area contributed by atoms with Gasteiger partial charge in [-0.15, -0.1) is 0 Å². The van der Waals surface area contributed by atoms with Crippen LogP contribution >= 0.6 is 19.8 Å². The third-order valence-electron chi connectivity index (χ3n) is 3.11. The highest BCUT2D eigenvalue weighted by Crippen LogP contribution is 2.28. The second kappa shape index (κ2) is 5.70. The van der Waals surface area contributed by atoms with Crippen LogP contribution in [0.4, 0.5) is 0 Å². The number of nitrogens with zero attached hydrogens (tertiary/aromatic N) is 1. The second-order valence-corrected chi connectivity index (χ2v) is 6.77. The maximum Gasteiger partial charge on any atom is 0.341 e. The second-order valence-electron chi connectivity index (χ2n) is 4.37. The van der Waals surface area contributed by atoms with E-state index in [1.54, 1.807) is 24.3 Å². The third-order valence-corrected chi connectivity index (χ3v) is 5.00. The van der Waals surface area contributed by atoms with Crippen molar-refractivity contribution in [2.45, 2.75) is 6.04 Å². The molecule has 4 nitrogen and oxygen atoms in total. The fraction of sp³-hybridized carbons (Fsp3) is 0.133. The molecule has 1 aliphatic heterocycles. The average Bonchev–Trinajstić information content (AvgIpc) is 2.98. The van der Waals surface area contributed by atoms with E-state index in [4.69, 9.17) is 4.74 Å². The van der Waals surface area contributed by atoms with E-state index in [1.165, 1.54) is 0 Å². The molecule has 0 saturated carbocycles. The molecule has 102 valence electrons. The molecule has 0 spiro atoms. The summed E-state index contributed by atoms with van der Waals surface area (Å²) in [5.41, 5.74) is 1.64. The molecule has 0 saturated heterocycles. The van der Waals surface area contributed by atoms with Crippen LogP contribution in [0.15, 0.2) is 59.6 Å². The molecule has 0 fully saturated rings. The number of benzene rings is 2. The van der Waals surface area contributed by atoms with Crippen molar-refractivity contribution in [2.24, 2.45) is 4.99 Å². The van der Waals surface area contributed by atoms with Gasteiger partial charge in [0.25, 0.3) is 0 Å². The number of ether oxygens (including phenoxy) is 1. The number of hydrogen-bond acceptors (Lipinski definition) is 4. The Balaban J connectivity index is 1.97. The van der Waals surface area contributed by atoms with E-state index >= 15 is 0 Å². The molecular weight excluding hydrogens is 369 g/mol. The summed E-state index contributed by atoms with van der Waals surface area (Å²) in [6.45, 7) is 0.444.